The molecular formula is C9H13NO3. The van der Waals surface area contributed by atoms with Gasteiger partial charge < -0.3 is 4.74 Å². The molecule has 0 aromatic heterocycles. The molecule has 0 rings (SSSR count). The Morgan fingerprint density at radius 2 is 2.31 bits per heavy atom. The molecule has 72 valence electrons. The van der Waals surface area contributed by atoms with Crippen LogP contribution in [0.4, 0.5) is 0 Å². The van der Waals surface area contributed by atoms with E-state index < -0.39 is 5.97 Å². The van der Waals surface area contributed by atoms with E-state index in [1.54, 1.807) is 13.8 Å². The van der Waals surface area contributed by atoms with Crippen molar-refractivity contribution in [2.45, 2.75) is 26.3 Å². The molecule has 1 unspecified atom stereocenters. The molecule has 0 saturated heterocycles. The van der Waals surface area contributed by atoms with Gasteiger partial charge in [-0.2, -0.15) is 0 Å². The number of rotatable bonds is 5. The lowest BCUT2D eigenvalue weighted by Gasteiger charge is -2.05. The zero-order valence-electron chi connectivity index (χ0n) is 7.87. The molecule has 0 aliphatic carbocycles. The maximum atomic E-state index is 10.9. The van der Waals surface area contributed by atoms with Crippen LogP contribution in [0.1, 0.15) is 20.3 Å². The summed E-state index contributed by atoms with van der Waals surface area (Å²) in [6.07, 6.45) is 1.97. The van der Waals surface area contributed by atoms with Crippen molar-refractivity contribution in [3.8, 4) is 0 Å². The fourth-order valence-corrected chi connectivity index (χ4v) is 0.600. The van der Waals surface area contributed by atoms with Crippen LogP contribution in [0.3, 0.4) is 0 Å². The second-order valence-corrected chi connectivity index (χ2v) is 2.77. The maximum Gasteiger partial charge on any atom is 0.333 e. The Bertz CT molecular complexity index is 241. The molecule has 0 N–H and O–H groups in total. The van der Waals surface area contributed by atoms with Crippen LogP contribution in [0.5, 0.6) is 0 Å². The van der Waals surface area contributed by atoms with Crippen molar-refractivity contribution in [1.82, 2.24) is 0 Å². The molecule has 0 radical (unpaired) electrons. The van der Waals surface area contributed by atoms with Gasteiger partial charge in [0.1, 0.15) is 0 Å². The van der Waals surface area contributed by atoms with E-state index in [4.69, 9.17) is 4.74 Å². The van der Waals surface area contributed by atoms with Crippen molar-refractivity contribution in [2.75, 3.05) is 6.61 Å². The molecule has 0 aliphatic rings. The van der Waals surface area contributed by atoms with Crippen LogP contribution < -0.4 is 0 Å². The lowest BCUT2D eigenvalue weighted by Crippen LogP contribution is -2.10. The first-order valence-corrected chi connectivity index (χ1v) is 3.97. The summed E-state index contributed by atoms with van der Waals surface area (Å²) in [5.41, 5.74) is 0.367. The lowest BCUT2D eigenvalue weighted by molar-refractivity contribution is -0.139. The average molecular weight is 183 g/mol. The molecule has 0 fully saturated rings. The van der Waals surface area contributed by atoms with E-state index in [1.807, 2.05) is 0 Å². The maximum absolute atomic E-state index is 10.9. The van der Waals surface area contributed by atoms with Crippen molar-refractivity contribution in [3.63, 3.8) is 0 Å². The molecule has 4 heteroatoms. The summed E-state index contributed by atoms with van der Waals surface area (Å²) in [5, 5.41) is 0. The Labute approximate surface area is 77.3 Å². The Hall–Kier alpha value is -1.41. The minimum Gasteiger partial charge on any atom is -0.462 e. The molecule has 0 aromatic carbocycles. The van der Waals surface area contributed by atoms with Gasteiger partial charge in [0.2, 0.25) is 6.08 Å². The van der Waals surface area contributed by atoms with Gasteiger partial charge in [-0.25, -0.2) is 14.6 Å². The predicted octanol–water partition coefficient (Wildman–Crippen LogP) is 1.22. The average Bonchev–Trinajstić information content (AvgIpc) is 2.04. The number of carbonyl (C=O) groups excluding carboxylic acids is 2. The molecular weight excluding hydrogens is 170 g/mol. The summed E-state index contributed by atoms with van der Waals surface area (Å²) in [5.74, 6) is -0.415. The topological polar surface area (TPSA) is 55.7 Å². The van der Waals surface area contributed by atoms with Crippen molar-refractivity contribution < 1.29 is 14.3 Å². The summed E-state index contributed by atoms with van der Waals surface area (Å²) < 4.78 is 4.79. The zero-order valence-corrected chi connectivity index (χ0v) is 7.87. The highest BCUT2D eigenvalue weighted by Crippen LogP contribution is 1.98. The number of isocyanates is 1. The highest BCUT2D eigenvalue weighted by Gasteiger charge is 2.04. The first-order chi connectivity index (χ1) is 6.07. The lowest BCUT2D eigenvalue weighted by atomic mass is 10.2. The van der Waals surface area contributed by atoms with Crippen LogP contribution in [0, 0.1) is 0 Å². The van der Waals surface area contributed by atoms with Gasteiger partial charge in [-0.05, 0) is 13.8 Å². The largest absolute Gasteiger partial charge is 0.462 e. The van der Waals surface area contributed by atoms with E-state index in [0.29, 0.717) is 12.0 Å². The summed E-state index contributed by atoms with van der Waals surface area (Å²) in [7, 11) is 0. The standard InChI is InChI=1S/C9H13NO3/c1-7(2)9(12)13-5-4-8(3)10-6-11/h8H,1,4-5H2,2-3H3. The number of nitrogens with zero attached hydrogens (tertiary/aromatic N) is 1. The zero-order chi connectivity index (χ0) is 10.3. The summed E-state index contributed by atoms with van der Waals surface area (Å²) in [6, 6.07) is -0.157. The van der Waals surface area contributed by atoms with Crippen LogP contribution in [-0.4, -0.2) is 24.7 Å². The molecule has 0 aliphatic heterocycles. The quantitative estimate of drug-likeness (QED) is 0.279. The van der Waals surface area contributed by atoms with Crippen LogP contribution >= 0.6 is 0 Å². The normalized spacial score (nSPS) is 11.2. The molecule has 13 heavy (non-hydrogen) atoms. The molecule has 1 atom stereocenters. The second kappa shape index (κ2) is 6.14. The molecule has 0 bridgehead atoms. The van der Waals surface area contributed by atoms with Crippen LogP contribution in [0.2, 0.25) is 0 Å². The fourth-order valence-electron chi connectivity index (χ4n) is 0.600. The number of carbonyl (C=O) groups is 1. The third-order valence-electron chi connectivity index (χ3n) is 1.39. The number of ether oxygens (including phenoxy) is 1. The first kappa shape index (κ1) is 11.6. The molecule has 0 amide bonds. The van der Waals surface area contributed by atoms with E-state index in [2.05, 4.69) is 11.6 Å². The van der Waals surface area contributed by atoms with Gasteiger partial charge in [0.15, 0.2) is 0 Å². The molecule has 4 nitrogen and oxygen atoms in total. The fraction of sp³-hybridized carbons (Fsp3) is 0.556. The highest BCUT2D eigenvalue weighted by atomic mass is 16.5. The minimum atomic E-state index is -0.415. The first-order valence-electron chi connectivity index (χ1n) is 3.97. The Morgan fingerprint density at radius 3 is 2.77 bits per heavy atom. The van der Waals surface area contributed by atoms with Crippen molar-refractivity contribution in [2.24, 2.45) is 4.99 Å². The molecule has 0 aromatic rings. The van der Waals surface area contributed by atoms with E-state index in [9.17, 15) is 9.59 Å². The van der Waals surface area contributed by atoms with Gasteiger partial charge in [-0.15, -0.1) is 0 Å². The Morgan fingerprint density at radius 1 is 1.69 bits per heavy atom. The smallest absolute Gasteiger partial charge is 0.333 e. The predicted molar refractivity (Wildman–Crippen MR) is 48.0 cm³/mol. The van der Waals surface area contributed by atoms with E-state index in [0.717, 1.165) is 0 Å². The minimum absolute atomic E-state index is 0.157. The van der Waals surface area contributed by atoms with E-state index in [-0.39, 0.29) is 12.6 Å². The molecule has 0 saturated carbocycles. The third-order valence-corrected chi connectivity index (χ3v) is 1.39. The van der Waals surface area contributed by atoms with Gasteiger partial charge in [0, 0.05) is 12.0 Å². The van der Waals surface area contributed by atoms with E-state index >= 15 is 0 Å². The molecule has 0 heterocycles. The van der Waals surface area contributed by atoms with Gasteiger partial charge in [-0.1, -0.05) is 6.58 Å². The highest BCUT2D eigenvalue weighted by molar-refractivity contribution is 5.86. The van der Waals surface area contributed by atoms with Crippen molar-refractivity contribution in [3.05, 3.63) is 12.2 Å². The Balaban J connectivity index is 3.62. The summed E-state index contributed by atoms with van der Waals surface area (Å²) in [4.78, 5) is 24.1. The SMILES string of the molecule is C=C(C)C(=O)OCCC(C)N=C=O. The molecule has 0 spiro atoms. The van der Waals surface area contributed by atoms with Gasteiger partial charge in [0.25, 0.3) is 0 Å². The Kier molecular flexibility index (Phi) is 5.48. The number of hydrogen-bond donors (Lipinski definition) is 0. The van der Waals surface area contributed by atoms with Crippen LogP contribution in [-0.2, 0) is 14.3 Å². The van der Waals surface area contributed by atoms with Gasteiger partial charge in [0.05, 0.1) is 12.6 Å². The number of esters is 1. The van der Waals surface area contributed by atoms with E-state index in [1.165, 1.54) is 6.08 Å². The van der Waals surface area contributed by atoms with Crippen LogP contribution in [0.15, 0.2) is 17.1 Å². The van der Waals surface area contributed by atoms with Crippen LogP contribution in [0.25, 0.3) is 0 Å². The third kappa shape index (κ3) is 5.82. The van der Waals surface area contributed by atoms with Gasteiger partial charge in [-0.3, -0.25) is 0 Å². The number of hydrogen-bond acceptors (Lipinski definition) is 4. The van der Waals surface area contributed by atoms with Gasteiger partial charge >= 0.3 is 5.97 Å². The summed E-state index contributed by atoms with van der Waals surface area (Å²) >= 11 is 0. The number of aliphatic imine (C=N–C) groups is 1. The summed E-state index contributed by atoms with van der Waals surface area (Å²) in [6.45, 7) is 7.01. The van der Waals surface area contributed by atoms with Crippen molar-refractivity contribution in [1.29, 1.82) is 0 Å². The van der Waals surface area contributed by atoms with Crippen molar-refractivity contribution >= 4 is 12.0 Å². The second-order valence-electron chi connectivity index (χ2n) is 2.77. The monoisotopic (exact) mass is 183 g/mol.